The molecular formula is C20H26FNO3. The summed E-state index contributed by atoms with van der Waals surface area (Å²) in [6, 6.07) is 2.51. The molecule has 0 saturated heterocycles. The summed E-state index contributed by atoms with van der Waals surface area (Å²) in [7, 11) is 0. The highest BCUT2D eigenvalue weighted by molar-refractivity contribution is 5.93. The second-order valence-corrected chi connectivity index (χ2v) is 8.62. The molecule has 136 valence electrons. The van der Waals surface area contributed by atoms with Crippen LogP contribution in [0, 0.1) is 29.0 Å². The SMILES string of the molecule is CC(O)c1cc(C(N)=O)c(F)cc1OCC12CC3CC(CC(C3)C1)C2. The van der Waals surface area contributed by atoms with Crippen molar-refractivity contribution >= 4 is 5.91 Å². The maximum Gasteiger partial charge on any atom is 0.251 e. The number of rotatable bonds is 5. The first-order valence-corrected chi connectivity index (χ1v) is 9.29. The van der Waals surface area contributed by atoms with Crippen LogP contribution in [-0.2, 0) is 0 Å². The number of amides is 1. The second kappa shape index (κ2) is 5.97. The summed E-state index contributed by atoms with van der Waals surface area (Å²) in [5, 5.41) is 10.0. The lowest BCUT2D eigenvalue weighted by Crippen LogP contribution is -2.48. The van der Waals surface area contributed by atoms with Crippen molar-refractivity contribution in [2.24, 2.45) is 28.9 Å². The van der Waals surface area contributed by atoms with Gasteiger partial charge in [-0.15, -0.1) is 0 Å². The van der Waals surface area contributed by atoms with Gasteiger partial charge in [0.25, 0.3) is 5.91 Å². The highest BCUT2D eigenvalue weighted by Crippen LogP contribution is 2.60. The van der Waals surface area contributed by atoms with Gasteiger partial charge in [0.05, 0.1) is 18.3 Å². The molecule has 0 radical (unpaired) electrons. The first-order chi connectivity index (χ1) is 11.8. The van der Waals surface area contributed by atoms with E-state index in [9.17, 15) is 14.3 Å². The first-order valence-electron chi connectivity index (χ1n) is 9.29. The van der Waals surface area contributed by atoms with E-state index in [0.29, 0.717) is 17.9 Å². The number of aliphatic hydroxyl groups excluding tert-OH is 1. The minimum Gasteiger partial charge on any atom is -0.493 e. The Morgan fingerprint density at radius 3 is 2.32 bits per heavy atom. The number of ether oxygens (including phenoxy) is 1. The Labute approximate surface area is 147 Å². The molecule has 0 heterocycles. The van der Waals surface area contributed by atoms with Gasteiger partial charge in [-0.2, -0.15) is 0 Å². The topological polar surface area (TPSA) is 72.5 Å². The zero-order valence-corrected chi connectivity index (χ0v) is 14.6. The molecule has 1 atom stereocenters. The molecule has 4 aliphatic carbocycles. The summed E-state index contributed by atoms with van der Waals surface area (Å²) in [6.07, 6.45) is 6.83. The van der Waals surface area contributed by atoms with Crippen molar-refractivity contribution in [3.05, 3.63) is 29.1 Å². The van der Waals surface area contributed by atoms with E-state index in [1.54, 1.807) is 6.92 Å². The lowest BCUT2D eigenvalue weighted by Gasteiger charge is -2.56. The van der Waals surface area contributed by atoms with E-state index >= 15 is 0 Å². The fourth-order valence-electron chi connectivity index (χ4n) is 5.91. The number of hydrogen-bond acceptors (Lipinski definition) is 3. The maximum atomic E-state index is 14.2. The van der Waals surface area contributed by atoms with Crippen molar-refractivity contribution in [1.82, 2.24) is 0 Å². The van der Waals surface area contributed by atoms with Crippen molar-refractivity contribution in [2.45, 2.75) is 51.6 Å². The third-order valence-corrected chi connectivity index (χ3v) is 6.51. The van der Waals surface area contributed by atoms with Crippen molar-refractivity contribution < 1.29 is 19.0 Å². The summed E-state index contributed by atoms with van der Waals surface area (Å²) >= 11 is 0. The molecule has 1 aromatic rings. The predicted octanol–water partition coefficient (Wildman–Crippen LogP) is 3.57. The van der Waals surface area contributed by atoms with Crippen LogP contribution in [0.2, 0.25) is 0 Å². The molecule has 25 heavy (non-hydrogen) atoms. The van der Waals surface area contributed by atoms with Crippen LogP contribution in [-0.4, -0.2) is 17.6 Å². The predicted molar refractivity (Wildman–Crippen MR) is 91.7 cm³/mol. The molecule has 1 aromatic carbocycles. The van der Waals surface area contributed by atoms with Gasteiger partial charge in [-0.1, -0.05) is 0 Å². The Hall–Kier alpha value is -1.62. The Morgan fingerprint density at radius 2 is 1.84 bits per heavy atom. The van der Waals surface area contributed by atoms with E-state index in [0.717, 1.165) is 17.8 Å². The van der Waals surface area contributed by atoms with Crippen LogP contribution < -0.4 is 10.5 Å². The molecular weight excluding hydrogens is 321 g/mol. The Balaban J connectivity index is 1.57. The van der Waals surface area contributed by atoms with Crippen LogP contribution in [0.25, 0.3) is 0 Å². The molecule has 4 nitrogen and oxygen atoms in total. The van der Waals surface area contributed by atoms with Gasteiger partial charge < -0.3 is 15.6 Å². The van der Waals surface area contributed by atoms with E-state index in [1.807, 2.05) is 0 Å². The second-order valence-electron chi connectivity index (χ2n) is 8.62. The molecule has 0 aliphatic heterocycles. The molecule has 0 aromatic heterocycles. The smallest absolute Gasteiger partial charge is 0.251 e. The van der Waals surface area contributed by atoms with Gasteiger partial charge in [-0.3, -0.25) is 4.79 Å². The largest absolute Gasteiger partial charge is 0.493 e. The van der Waals surface area contributed by atoms with Gasteiger partial charge in [0.2, 0.25) is 0 Å². The van der Waals surface area contributed by atoms with Gasteiger partial charge in [-0.05, 0) is 69.3 Å². The van der Waals surface area contributed by atoms with Crippen LogP contribution in [0.3, 0.4) is 0 Å². The lowest BCUT2D eigenvalue weighted by molar-refractivity contribution is -0.0748. The number of hydrogen-bond donors (Lipinski definition) is 2. The van der Waals surface area contributed by atoms with Crippen LogP contribution in [0.4, 0.5) is 4.39 Å². The summed E-state index contributed by atoms with van der Waals surface area (Å²) in [6.45, 7) is 2.14. The van der Waals surface area contributed by atoms with Crippen LogP contribution >= 0.6 is 0 Å². The van der Waals surface area contributed by atoms with Crippen molar-refractivity contribution in [1.29, 1.82) is 0 Å². The Morgan fingerprint density at radius 1 is 1.28 bits per heavy atom. The van der Waals surface area contributed by atoms with Crippen molar-refractivity contribution in [3.63, 3.8) is 0 Å². The molecule has 4 bridgehead atoms. The molecule has 4 saturated carbocycles. The number of benzene rings is 1. The molecule has 4 aliphatic rings. The number of primary amides is 1. The van der Waals surface area contributed by atoms with Crippen molar-refractivity contribution in [2.75, 3.05) is 6.61 Å². The molecule has 5 heteroatoms. The fourth-order valence-corrected chi connectivity index (χ4v) is 5.91. The highest BCUT2D eigenvalue weighted by Gasteiger charge is 2.51. The number of aliphatic hydroxyl groups is 1. The summed E-state index contributed by atoms with van der Waals surface area (Å²) in [5.41, 5.74) is 5.61. The normalized spacial score (nSPS) is 34.1. The average molecular weight is 347 g/mol. The quantitative estimate of drug-likeness (QED) is 0.855. The van der Waals surface area contributed by atoms with Gasteiger partial charge >= 0.3 is 0 Å². The van der Waals surface area contributed by atoms with Crippen LogP contribution in [0.1, 0.15) is 67.5 Å². The van der Waals surface area contributed by atoms with Gasteiger partial charge in [0.15, 0.2) is 0 Å². The Bertz CT molecular complexity index is 665. The first kappa shape index (κ1) is 16.8. The van der Waals surface area contributed by atoms with Crippen LogP contribution in [0.5, 0.6) is 5.75 Å². The van der Waals surface area contributed by atoms with E-state index in [1.165, 1.54) is 50.7 Å². The maximum absolute atomic E-state index is 14.2. The number of carbonyl (C=O) groups is 1. The molecule has 1 unspecified atom stereocenters. The minimum atomic E-state index is -0.856. The zero-order valence-electron chi connectivity index (χ0n) is 14.6. The summed E-state index contributed by atoms with van der Waals surface area (Å²) in [5.74, 6) is 1.25. The summed E-state index contributed by atoms with van der Waals surface area (Å²) in [4.78, 5) is 11.4. The Kier molecular flexibility index (Phi) is 4.02. The number of halogens is 1. The molecule has 3 N–H and O–H groups in total. The van der Waals surface area contributed by atoms with Gasteiger partial charge in [0, 0.05) is 17.0 Å². The van der Waals surface area contributed by atoms with Crippen LogP contribution in [0.15, 0.2) is 12.1 Å². The molecule has 0 spiro atoms. The third kappa shape index (κ3) is 3.03. The third-order valence-electron chi connectivity index (χ3n) is 6.51. The monoisotopic (exact) mass is 347 g/mol. The van der Waals surface area contributed by atoms with Gasteiger partial charge in [0.1, 0.15) is 11.6 Å². The molecule has 4 fully saturated rings. The highest BCUT2D eigenvalue weighted by atomic mass is 19.1. The minimum absolute atomic E-state index is 0.198. The fraction of sp³-hybridized carbons (Fsp3) is 0.650. The number of carbonyl (C=O) groups excluding carboxylic acids is 1. The standard InChI is InChI=1S/C20H26FNO3/c1-11(23)15-5-16(19(22)24)17(21)6-18(15)25-10-20-7-12-2-13(8-20)4-14(3-12)9-20/h5-6,11-14,23H,2-4,7-10H2,1H3,(H2,22,24). The van der Waals surface area contributed by atoms with E-state index < -0.39 is 17.8 Å². The number of nitrogens with two attached hydrogens (primary N) is 1. The summed E-state index contributed by atoms with van der Waals surface area (Å²) < 4.78 is 20.2. The average Bonchev–Trinajstić information content (AvgIpc) is 2.51. The molecule has 5 rings (SSSR count). The lowest BCUT2D eigenvalue weighted by atomic mass is 9.50. The zero-order chi connectivity index (χ0) is 17.8. The van der Waals surface area contributed by atoms with E-state index in [2.05, 4.69) is 0 Å². The van der Waals surface area contributed by atoms with Gasteiger partial charge in [-0.25, -0.2) is 4.39 Å². The van der Waals surface area contributed by atoms with Crippen molar-refractivity contribution in [3.8, 4) is 5.75 Å². The van der Waals surface area contributed by atoms with E-state index in [-0.39, 0.29) is 11.0 Å². The molecule has 1 amide bonds. The van der Waals surface area contributed by atoms with E-state index in [4.69, 9.17) is 10.5 Å².